The molecule has 0 aliphatic carbocycles. The molecule has 0 saturated carbocycles. The summed E-state index contributed by atoms with van der Waals surface area (Å²) in [6, 6.07) is 24.3. The molecular formula is C31H35NO4. The number of carbonyl (C=O) groups excluding carboxylic acids is 1. The first-order valence-electron chi connectivity index (χ1n) is 13.1. The average Bonchev–Trinajstić information content (AvgIpc) is 2.92. The van der Waals surface area contributed by atoms with Crippen LogP contribution in [0.15, 0.2) is 72.8 Å². The molecule has 0 spiro atoms. The van der Waals surface area contributed by atoms with Crippen LogP contribution < -0.4 is 14.2 Å². The highest BCUT2D eigenvalue weighted by molar-refractivity contribution is 5.78. The summed E-state index contributed by atoms with van der Waals surface area (Å²) in [6.07, 6.45) is 4.33. The maximum Gasteiger partial charge on any atom is 0.260 e. The van der Waals surface area contributed by atoms with Crippen molar-refractivity contribution < 1.29 is 19.0 Å². The fourth-order valence-corrected chi connectivity index (χ4v) is 5.01. The third-order valence-electron chi connectivity index (χ3n) is 7.43. The largest absolute Gasteiger partial charge is 0.483 e. The maximum absolute atomic E-state index is 12.9. The number of ether oxygens (including phenoxy) is 3. The van der Waals surface area contributed by atoms with E-state index in [1.54, 1.807) is 0 Å². The second-order valence-electron chi connectivity index (χ2n) is 9.94. The van der Waals surface area contributed by atoms with Crippen LogP contribution in [0.1, 0.15) is 38.7 Å². The number of likely N-dealkylation sites (tertiary alicyclic amines) is 1. The van der Waals surface area contributed by atoms with E-state index in [1.165, 1.54) is 5.56 Å². The fraction of sp³-hybridized carbons (Fsp3) is 0.387. The number of hydrogen-bond donors (Lipinski definition) is 0. The van der Waals surface area contributed by atoms with Gasteiger partial charge in [-0.1, -0.05) is 54.6 Å². The molecule has 5 heteroatoms. The predicted octanol–water partition coefficient (Wildman–Crippen LogP) is 6.15. The normalized spacial score (nSPS) is 19.7. The number of piperidine rings is 1. The van der Waals surface area contributed by atoms with Crippen LogP contribution in [0.4, 0.5) is 0 Å². The van der Waals surface area contributed by atoms with Crippen LogP contribution in [0.2, 0.25) is 0 Å². The average molecular weight is 486 g/mol. The van der Waals surface area contributed by atoms with Crippen molar-refractivity contribution >= 4 is 5.91 Å². The molecule has 2 heterocycles. The Balaban J connectivity index is 1.09. The third-order valence-corrected chi connectivity index (χ3v) is 7.43. The minimum Gasteiger partial charge on any atom is -0.483 e. The molecule has 0 radical (unpaired) electrons. The van der Waals surface area contributed by atoms with Gasteiger partial charge in [-0.2, -0.15) is 0 Å². The highest BCUT2D eigenvalue weighted by atomic mass is 16.6. The molecule has 5 nitrogen and oxygen atoms in total. The summed E-state index contributed by atoms with van der Waals surface area (Å²) in [7, 11) is 0. The Bertz CT molecular complexity index is 1170. The number of para-hydroxylation sites is 1. The lowest BCUT2D eigenvalue weighted by Crippen LogP contribution is -2.41. The van der Waals surface area contributed by atoms with E-state index >= 15 is 0 Å². The van der Waals surface area contributed by atoms with Crippen molar-refractivity contribution in [3.05, 3.63) is 78.4 Å². The van der Waals surface area contributed by atoms with Gasteiger partial charge in [-0.25, -0.2) is 0 Å². The molecule has 3 aromatic carbocycles. The van der Waals surface area contributed by atoms with Gasteiger partial charge in [0.1, 0.15) is 18.0 Å². The van der Waals surface area contributed by atoms with Crippen LogP contribution in [0.3, 0.4) is 0 Å². The van der Waals surface area contributed by atoms with Crippen LogP contribution in [0, 0.1) is 5.92 Å². The van der Waals surface area contributed by atoms with E-state index < -0.39 is 0 Å². The van der Waals surface area contributed by atoms with Crippen molar-refractivity contribution in [2.45, 2.75) is 51.7 Å². The fourth-order valence-electron chi connectivity index (χ4n) is 5.01. The standard InChI is InChI=1S/C31H35NO4/c1-22-23(2)36-30-20-25(14-15-29(30)35-22)13-12-24-16-18-32(19-17-24)31(33)21-34-28-11-7-6-10-27(28)26-8-4-3-5-9-26/h3-11,14-15,20,22-24H,12-13,16-19,21H2,1-2H3. The van der Waals surface area contributed by atoms with E-state index in [2.05, 4.69) is 24.3 Å². The molecule has 5 rings (SSSR count). The lowest BCUT2D eigenvalue weighted by molar-refractivity contribution is -0.134. The first-order valence-corrected chi connectivity index (χ1v) is 13.1. The quantitative estimate of drug-likeness (QED) is 0.403. The molecule has 2 unspecified atom stereocenters. The zero-order chi connectivity index (χ0) is 24.9. The Morgan fingerprint density at radius 2 is 1.58 bits per heavy atom. The van der Waals surface area contributed by atoms with Crippen molar-refractivity contribution in [1.82, 2.24) is 4.90 Å². The monoisotopic (exact) mass is 485 g/mol. The Kier molecular flexibility index (Phi) is 7.45. The molecule has 1 fully saturated rings. The maximum atomic E-state index is 12.9. The van der Waals surface area contributed by atoms with Gasteiger partial charge < -0.3 is 19.1 Å². The van der Waals surface area contributed by atoms with Crippen LogP contribution in [-0.4, -0.2) is 42.7 Å². The molecule has 3 aromatic rings. The second kappa shape index (κ2) is 11.1. The molecule has 188 valence electrons. The number of carbonyl (C=O) groups is 1. The summed E-state index contributed by atoms with van der Waals surface area (Å²) in [5.41, 5.74) is 3.37. The third kappa shape index (κ3) is 5.67. The molecule has 1 amide bonds. The second-order valence-corrected chi connectivity index (χ2v) is 9.94. The highest BCUT2D eigenvalue weighted by Crippen LogP contribution is 2.35. The number of hydrogen-bond acceptors (Lipinski definition) is 4. The Morgan fingerprint density at radius 1 is 0.889 bits per heavy atom. The van der Waals surface area contributed by atoms with Gasteiger partial charge in [0.15, 0.2) is 18.1 Å². The lowest BCUT2D eigenvalue weighted by Gasteiger charge is -2.32. The number of amides is 1. The van der Waals surface area contributed by atoms with Gasteiger partial charge in [0, 0.05) is 18.7 Å². The van der Waals surface area contributed by atoms with E-state index in [9.17, 15) is 4.79 Å². The first kappa shape index (κ1) is 24.2. The van der Waals surface area contributed by atoms with Gasteiger partial charge in [-0.15, -0.1) is 0 Å². The number of nitrogens with zero attached hydrogens (tertiary/aromatic N) is 1. The van der Waals surface area contributed by atoms with Crippen molar-refractivity contribution in [3.8, 4) is 28.4 Å². The van der Waals surface area contributed by atoms with Crippen LogP contribution in [0.25, 0.3) is 11.1 Å². The lowest BCUT2D eigenvalue weighted by atomic mass is 9.90. The first-order chi connectivity index (χ1) is 17.6. The van der Waals surface area contributed by atoms with Crippen LogP contribution >= 0.6 is 0 Å². The van der Waals surface area contributed by atoms with E-state index in [0.717, 1.165) is 67.1 Å². The Labute approximate surface area is 214 Å². The molecule has 36 heavy (non-hydrogen) atoms. The Hall–Kier alpha value is -3.47. The molecule has 0 bridgehead atoms. The van der Waals surface area contributed by atoms with Gasteiger partial charge in [0.25, 0.3) is 5.91 Å². The highest BCUT2D eigenvalue weighted by Gasteiger charge is 2.26. The Morgan fingerprint density at radius 3 is 2.36 bits per heavy atom. The zero-order valence-corrected chi connectivity index (χ0v) is 21.2. The number of fused-ring (bicyclic) bond motifs is 1. The summed E-state index contributed by atoms with van der Waals surface area (Å²) >= 11 is 0. The summed E-state index contributed by atoms with van der Waals surface area (Å²) in [5, 5.41) is 0. The molecule has 2 atom stereocenters. The summed E-state index contributed by atoms with van der Waals surface area (Å²) in [6.45, 7) is 5.74. The molecule has 1 saturated heterocycles. The molecule has 2 aliphatic heterocycles. The molecule has 0 aromatic heterocycles. The topological polar surface area (TPSA) is 48.0 Å². The zero-order valence-electron chi connectivity index (χ0n) is 21.2. The van der Waals surface area contributed by atoms with Crippen molar-refractivity contribution in [1.29, 1.82) is 0 Å². The molecular weight excluding hydrogens is 450 g/mol. The van der Waals surface area contributed by atoms with E-state index in [-0.39, 0.29) is 24.7 Å². The smallest absolute Gasteiger partial charge is 0.260 e. The van der Waals surface area contributed by atoms with Gasteiger partial charge >= 0.3 is 0 Å². The van der Waals surface area contributed by atoms with E-state index in [4.69, 9.17) is 14.2 Å². The van der Waals surface area contributed by atoms with Crippen LogP contribution in [0.5, 0.6) is 17.2 Å². The van der Waals surface area contributed by atoms with Crippen molar-refractivity contribution in [2.24, 2.45) is 5.92 Å². The predicted molar refractivity (Wildman–Crippen MR) is 142 cm³/mol. The van der Waals surface area contributed by atoms with Crippen molar-refractivity contribution in [2.75, 3.05) is 19.7 Å². The summed E-state index contributed by atoms with van der Waals surface area (Å²) in [5.74, 6) is 3.12. The van der Waals surface area contributed by atoms with Gasteiger partial charge in [-0.3, -0.25) is 4.79 Å². The number of rotatable bonds is 7. The minimum atomic E-state index is 0.0606. The van der Waals surface area contributed by atoms with E-state index in [0.29, 0.717) is 5.92 Å². The van der Waals surface area contributed by atoms with Crippen molar-refractivity contribution in [3.63, 3.8) is 0 Å². The summed E-state index contributed by atoms with van der Waals surface area (Å²) in [4.78, 5) is 14.8. The molecule has 2 aliphatic rings. The number of aryl methyl sites for hydroxylation is 1. The van der Waals surface area contributed by atoms with Gasteiger partial charge in [0.05, 0.1) is 0 Å². The minimum absolute atomic E-state index is 0.0606. The van der Waals surface area contributed by atoms with Gasteiger partial charge in [0.2, 0.25) is 0 Å². The van der Waals surface area contributed by atoms with Crippen LogP contribution in [-0.2, 0) is 11.2 Å². The number of benzene rings is 3. The molecule has 0 N–H and O–H groups in total. The van der Waals surface area contributed by atoms with E-state index in [1.807, 2.05) is 67.3 Å². The summed E-state index contributed by atoms with van der Waals surface area (Å²) < 4.78 is 17.9. The van der Waals surface area contributed by atoms with Gasteiger partial charge in [-0.05, 0) is 74.8 Å². The SMILES string of the molecule is CC1Oc2ccc(CCC3CCN(C(=O)COc4ccccc4-c4ccccc4)CC3)cc2OC1C.